The van der Waals surface area contributed by atoms with E-state index >= 15 is 0 Å². The zero-order valence-electron chi connectivity index (χ0n) is 48.2. The summed E-state index contributed by atoms with van der Waals surface area (Å²) in [7, 11) is 0. The summed E-state index contributed by atoms with van der Waals surface area (Å²) in [5, 5.41) is 72.0. The van der Waals surface area contributed by atoms with Gasteiger partial charge in [-0.25, -0.2) is 4.79 Å². The van der Waals surface area contributed by atoms with Crippen LogP contribution in [0.15, 0.2) is 0 Å². The van der Waals surface area contributed by atoms with Crippen LogP contribution < -0.4 is 75.7 Å². The molecule has 480 valence electrons. The van der Waals surface area contributed by atoms with E-state index in [1.165, 1.54) is 20.8 Å². The van der Waals surface area contributed by atoms with Gasteiger partial charge < -0.3 is 101 Å². The van der Waals surface area contributed by atoms with Crippen molar-refractivity contribution in [2.24, 2.45) is 17.2 Å². The van der Waals surface area contributed by atoms with Gasteiger partial charge in [0, 0.05) is 25.7 Å². The predicted molar refractivity (Wildman–Crippen MR) is 294 cm³/mol. The second-order valence-electron chi connectivity index (χ2n) is 19.9. The van der Waals surface area contributed by atoms with Crippen LogP contribution in [0.2, 0.25) is 0 Å². The van der Waals surface area contributed by atoms with Crippen molar-refractivity contribution in [3.63, 3.8) is 0 Å². The van der Waals surface area contributed by atoms with Crippen LogP contribution in [0.5, 0.6) is 0 Å². The standard InChI is InChI=1S/C50H84N14O21/c1-23(53)39(73)59-30(13-17-35(65)66)46(80)55-25(3)41(75)61-32(15-19-37(69)70)48(82)57-27(5)43(77)63-33(16-20-38(71)72)49(83)58-26(4)42(76)62-31(14-18-36(67)68)47(81)56-24(2)40(74)60-29(11-7-9-21-51)45(79)54-28(6)44(78)64-34(50(84)85)12-8-10-22-52/h23-34H,7-22,51-53H2,1-6H3,(H,54,79)(H,55,80)(H,56,81)(H,57,82)(H,58,83)(H,59,73)(H,60,74)(H,61,75)(H,62,76)(H,63,77)(H,64,78)(H,65,66)(H,67,68)(H,69,70)(H,71,72)(H,84,85)/t23-,24-,25-,26-,27-,28-,29-,30-,31-,32-,33-,34-/m0/s1. The zero-order chi connectivity index (χ0) is 65.3. The summed E-state index contributed by atoms with van der Waals surface area (Å²) in [5.41, 5.74) is 16.6. The topological polar surface area (TPSA) is 585 Å². The molecule has 0 rings (SSSR count). The smallest absolute Gasteiger partial charge is 0.326 e. The van der Waals surface area contributed by atoms with Crippen molar-refractivity contribution in [2.45, 2.75) is 204 Å². The first-order valence-electron chi connectivity index (χ1n) is 27.3. The summed E-state index contributed by atoms with van der Waals surface area (Å²) in [6.45, 7) is 7.61. The van der Waals surface area contributed by atoms with E-state index in [1.54, 1.807) is 0 Å². The van der Waals surface area contributed by atoms with Crippen molar-refractivity contribution in [2.75, 3.05) is 13.1 Å². The lowest BCUT2D eigenvalue weighted by Gasteiger charge is -2.26. The number of aliphatic carboxylic acids is 5. The van der Waals surface area contributed by atoms with Crippen molar-refractivity contribution in [1.82, 2.24) is 58.5 Å². The van der Waals surface area contributed by atoms with Gasteiger partial charge in [0.1, 0.15) is 66.5 Å². The van der Waals surface area contributed by atoms with E-state index in [1.807, 2.05) is 0 Å². The molecule has 85 heavy (non-hydrogen) atoms. The fourth-order valence-electron chi connectivity index (χ4n) is 7.34. The highest BCUT2D eigenvalue weighted by molar-refractivity contribution is 5.99. The van der Waals surface area contributed by atoms with Gasteiger partial charge in [0.25, 0.3) is 0 Å². The van der Waals surface area contributed by atoms with Crippen LogP contribution in [0, 0.1) is 0 Å². The molecule has 22 N–H and O–H groups in total. The molecule has 0 saturated carbocycles. The Balaban J connectivity index is 6.19. The third-order valence-electron chi connectivity index (χ3n) is 12.4. The van der Waals surface area contributed by atoms with Gasteiger partial charge in [-0.15, -0.1) is 0 Å². The SMILES string of the molecule is C[C@H](N)C(=O)N[C@@H](CCC(=O)O)C(=O)N[C@@H](C)C(=O)N[C@@H](CCC(=O)O)C(=O)N[C@@H](C)C(=O)N[C@@H](CCC(=O)O)C(=O)N[C@@H](C)C(=O)N[C@@H](CCC(=O)O)C(=O)N[C@@H](C)C(=O)N[C@@H](CCCCN)C(=O)N[C@@H](C)C(=O)N[C@@H](CCCCN)C(=O)O. The Bertz CT molecular complexity index is 2380. The van der Waals surface area contributed by atoms with E-state index in [9.17, 15) is 97.1 Å². The maximum atomic E-state index is 13.6. The molecule has 0 aliphatic carbocycles. The van der Waals surface area contributed by atoms with Gasteiger partial charge in [-0.2, -0.15) is 0 Å². The molecule has 11 amide bonds. The first-order valence-corrected chi connectivity index (χ1v) is 27.3. The lowest BCUT2D eigenvalue weighted by molar-refractivity contribution is -0.142. The van der Waals surface area contributed by atoms with Gasteiger partial charge in [0.2, 0.25) is 65.0 Å². The minimum Gasteiger partial charge on any atom is -0.481 e. The Hall–Kier alpha value is -8.60. The van der Waals surface area contributed by atoms with Gasteiger partial charge in [-0.1, -0.05) is 0 Å². The monoisotopic (exact) mass is 1220 g/mol. The number of nitrogens with two attached hydrogens (primary N) is 3. The van der Waals surface area contributed by atoms with Crippen molar-refractivity contribution >= 4 is 94.8 Å². The summed E-state index contributed by atoms with van der Waals surface area (Å²) in [6, 6.07) is -17.8. The number of hydrogen-bond acceptors (Lipinski definition) is 19. The molecular formula is C50H84N14O21. The first kappa shape index (κ1) is 76.4. The summed E-state index contributed by atoms with van der Waals surface area (Å²) < 4.78 is 0. The molecule has 0 aromatic rings. The number of carbonyl (C=O) groups is 16. The van der Waals surface area contributed by atoms with E-state index in [-0.39, 0.29) is 19.4 Å². The Morgan fingerprint density at radius 2 is 0.482 bits per heavy atom. The van der Waals surface area contributed by atoms with Crippen LogP contribution >= 0.6 is 0 Å². The average Bonchev–Trinajstić information content (AvgIpc) is 3.41. The van der Waals surface area contributed by atoms with Crippen molar-refractivity contribution < 1.29 is 102 Å². The second-order valence-corrected chi connectivity index (χ2v) is 19.9. The molecule has 0 aliphatic rings. The lowest BCUT2D eigenvalue weighted by atomic mass is 10.1. The van der Waals surface area contributed by atoms with E-state index in [4.69, 9.17) is 22.3 Å². The maximum absolute atomic E-state index is 13.6. The highest BCUT2D eigenvalue weighted by atomic mass is 16.4. The van der Waals surface area contributed by atoms with Crippen LogP contribution in [-0.2, 0) is 76.7 Å². The summed E-state index contributed by atoms with van der Waals surface area (Å²) in [5.74, 6) is -18.2. The Morgan fingerprint density at radius 1 is 0.282 bits per heavy atom. The molecule has 12 atom stereocenters. The molecular weight excluding hydrogens is 1130 g/mol. The Kier molecular flexibility index (Phi) is 35.8. The molecule has 0 heterocycles. The van der Waals surface area contributed by atoms with Gasteiger partial charge >= 0.3 is 29.8 Å². The Morgan fingerprint density at radius 3 is 0.682 bits per heavy atom. The van der Waals surface area contributed by atoms with Crippen LogP contribution in [-0.4, -0.2) is 206 Å². The molecule has 35 heteroatoms. The predicted octanol–water partition coefficient (Wildman–Crippen LogP) is -6.43. The highest BCUT2D eigenvalue weighted by Crippen LogP contribution is 2.09. The van der Waals surface area contributed by atoms with Crippen LogP contribution in [0.4, 0.5) is 0 Å². The minimum atomic E-state index is -1.75. The lowest BCUT2D eigenvalue weighted by Crippen LogP contribution is -2.60. The summed E-state index contributed by atoms with van der Waals surface area (Å²) in [4.78, 5) is 203. The van der Waals surface area contributed by atoms with Gasteiger partial charge in [-0.05, 0) is 119 Å². The fraction of sp³-hybridized carbons (Fsp3) is 0.680. The first-order chi connectivity index (χ1) is 39.6. The number of amides is 11. The number of nitrogens with one attached hydrogen (secondary N) is 11. The van der Waals surface area contributed by atoms with Crippen LogP contribution in [0.25, 0.3) is 0 Å². The fourth-order valence-corrected chi connectivity index (χ4v) is 7.34. The summed E-state index contributed by atoms with van der Waals surface area (Å²) >= 11 is 0. The molecule has 0 aliphatic heterocycles. The molecule has 0 unspecified atom stereocenters. The number of hydrogen-bond donors (Lipinski definition) is 19. The molecule has 0 fully saturated rings. The molecule has 0 bridgehead atoms. The largest absolute Gasteiger partial charge is 0.481 e. The van der Waals surface area contributed by atoms with Crippen LogP contribution in [0.3, 0.4) is 0 Å². The van der Waals surface area contributed by atoms with Gasteiger partial charge in [0.15, 0.2) is 0 Å². The molecule has 35 nitrogen and oxygen atoms in total. The minimum absolute atomic E-state index is 0.00976. The number of unbranched alkanes of at least 4 members (excludes halogenated alkanes) is 2. The third kappa shape index (κ3) is 31.6. The normalized spacial score (nSPS) is 15.1. The van der Waals surface area contributed by atoms with Crippen LogP contribution in [0.1, 0.15) is 131 Å². The number of carbonyl (C=O) groups excluding carboxylic acids is 11. The highest BCUT2D eigenvalue weighted by Gasteiger charge is 2.34. The molecule has 0 radical (unpaired) electrons. The van der Waals surface area contributed by atoms with Crippen molar-refractivity contribution in [3.05, 3.63) is 0 Å². The maximum Gasteiger partial charge on any atom is 0.326 e. The van der Waals surface area contributed by atoms with Crippen molar-refractivity contribution in [1.29, 1.82) is 0 Å². The van der Waals surface area contributed by atoms with Gasteiger partial charge in [0.05, 0.1) is 6.04 Å². The summed E-state index contributed by atoms with van der Waals surface area (Å²) in [6.07, 6.45) is -3.28. The van der Waals surface area contributed by atoms with E-state index in [0.29, 0.717) is 32.2 Å². The zero-order valence-corrected chi connectivity index (χ0v) is 48.2. The third-order valence-corrected chi connectivity index (χ3v) is 12.4. The quantitative estimate of drug-likeness (QED) is 0.0253. The number of rotatable bonds is 43. The Labute approximate surface area is 488 Å². The molecule has 0 aromatic heterocycles. The van der Waals surface area contributed by atoms with E-state index in [2.05, 4.69) is 58.5 Å². The second kappa shape index (κ2) is 39.8. The molecule has 0 spiro atoms. The number of carboxylic acid groups (broad SMARTS) is 5. The molecule has 0 aromatic carbocycles. The van der Waals surface area contributed by atoms with Gasteiger partial charge in [-0.3, -0.25) is 71.9 Å². The van der Waals surface area contributed by atoms with Crippen molar-refractivity contribution in [3.8, 4) is 0 Å². The van der Waals surface area contributed by atoms with E-state index in [0.717, 1.165) is 20.8 Å². The van der Waals surface area contributed by atoms with E-state index < -0.39 is 219 Å². The number of carboxylic acids is 5. The molecule has 0 saturated heterocycles. The average molecular weight is 1220 g/mol.